The average molecular weight is 413 g/mol. The van der Waals surface area contributed by atoms with E-state index in [9.17, 15) is 14.4 Å². The van der Waals surface area contributed by atoms with E-state index in [1.807, 2.05) is 6.07 Å². The monoisotopic (exact) mass is 413 g/mol. The summed E-state index contributed by atoms with van der Waals surface area (Å²) in [6.07, 6.45) is 8.39. The van der Waals surface area contributed by atoms with Gasteiger partial charge in [-0.3, -0.25) is 14.5 Å². The number of imide groups is 1. The molecule has 1 aromatic rings. The van der Waals surface area contributed by atoms with E-state index in [2.05, 4.69) is 10.6 Å². The number of carbonyl (C=O) groups is 3. The van der Waals surface area contributed by atoms with E-state index in [-0.39, 0.29) is 24.8 Å². The van der Waals surface area contributed by atoms with E-state index in [0.29, 0.717) is 30.0 Å². The van der Waals surface area contributed by atoms with Crippen LogP contribution in [0.25, 0.3) is 0 Å². The molecule has 0 unspecified atom stereocenters. The molecule has 0 radical (unpaired) electrons. The van der Waals surface area contributed by atoms with Gasteiger partial charge in [-0.2, -0.15) is 0 Å². The third-order valence-corrected chi connectivity index (χ3v) is 6.70. The number of anilines is 1. The van der Waals surface area contributed by atoms with Crippen molar-refractivity contribution in [3.8, 4) is 11.5 Å². The second kappa shape index (κ2) is 7.18. The van der Waals surface area contributed by atoms with Crippen LogP contribution in [0.5, 0.6) is 11.5 Å². The van der Waals surface area contributed by atoms with E-state index in [4.69, 9.17) is 9.47 Å². The number of amides is 4. The molecule has 0 aromatic heterocycles. The molecule has 8 heteroatoms. The molecule has 2 N–H and O–H groups in total. The molecule has 1 saturated heterocycles. The molecule has 0 bridgehead atoms. The van der Waals surface area contributed by atoms with Crippen LogP contribution < -0.4 is 20.1 Å². The van der Waals surface area contributed by atoms with Crippen LogP contribution in [0.3, 0.4) is 0 Å². The first-order chi connectivity index (χ1) is 14.5. The number of benzene rings is 1. The third-order valence-electron chi connectivity index (χ3n) is 6.70. The Morgan fingerprint density at radius 1 is 1.00 bits per heavy atom. The topological polar surface area (TPSA) is 97.0 Å². The quantitative estimate of drug-likeness (QED) is 0.738. The molecule has 2 spiro atoms. The van der Waals surface area contributed by atoms with Crippen molar-refractivity contribution in [2.45, 2.75) is 75.5 Å². The highest BCUT2D eigenvalue weighted by Crippen LogP contribution is 2.46. The van der Waals surface area contributed by atoms with Crippen LogP contribution in [0.2, 0.25) is 0 Å². The summed E-state index contributed by atoms with van der Waals surface area (Å²) in [7, 11) is 0. The first-order valence-corrected chi connectivity index (χ1v) is 10.9. The zero-order chi connectivity index (χ0) is 20.8. The van der Waals surface area contributed by atoms with Crippen molar-refractivity contribution >= 4 is 23.5 Å². The molecule has 2 heterocycles. The number of hydrogen-bond donors (Lipinski definition) is 2. The Hall–Kier alpha value is -2.77. The Morgan fingerprint density at radius 2 is 1.70 bits per heavy atom. The standard InChI is InChI=1S/C22H27N3O5/c26-18(8-13-25-19(27)21(24-20(25)28)9-4-5-10-21)23-15-6-7-16-17(14-15)30-22(29-16)11-2-1-3-12-22/h6-7,14H,1-5,8-13H2,(H,23,26)(H,24,28). The van der Waals surface area contributed by atoms with Crippen LogP contribution in [0.15, 0.2) is 18.2 Å². The first kappa shape index (κ1) is 19.2. The van der Waals surface area contributed by atoms with E-state index >= 15 is 0 Å². The van der Waals surface area contributed by atoms with Crippen molar-refractivity contribution in [2.75, 3.05) is 11.9 Å². The second-order valence-electron chi connectivity index (χ2n) is 8.81. The van der Waals surface area contributed by atoms with Gasteiger partial charge in [0.2, 0.25) is 5.91 Å². The summed E-state index contributed by atoms with van der Waals surface area (Å²) in [5.41, 5.74) is -0.125. The van der Waals surface area contributed by atoms with Crippen LogP contribution in [0, 0.1) is 0 Å². The molecule has 1 aromatic carbocycles. The fourth-order valence-corrected chi connectivity index (χ4v) is 5.10. The summed E-state index contributed by atoms with van der Waals surface area (Å²) in [6, 6.07) is 4.98. The Morgan fingerprint density at radius 3 is 2.47 bits per heavy atom. The highest BCUT2D eigenvalue weighted by molar-refractivity contribution is 6.07. The summed E-state index contributed by atoms with van der Waals surface area (Å²) >= 11 is 0. The molecule has 8 nitrogen and oxygen atoms in total. The lowest BCUT2D eigenvalue weighted by Gasteiger charge is -2.31. The summed E-state index contributed by atoms with van der Waals surface area (Å²) in [5, 5.41) is 5.67. The van der Waals surface area contributed by atoms with Crippen molar-refractivity contribution < 1.29 is 23.9 Å². The van der Waals surface area contributed by atoms with Gasteiger partial charge >= 0.3 is 6.03 Å². The van der Waals surface area contributed by atoms with Gasteiger partial charge < -0.3 is 20.1 Å². The average Bonchev–Trinajstić information content (AvgIpc) is 3.39. The van der Waals surface area contributed by atoms with Gasteiger partial charge in [0.25, 0.3) is 11.7 Å². The van der Waals surface area contributed by atoms with Gasteiger partial charge in [0, 0.05) is 37.6 Å². The summed E-state index contributed by atoms with van der Waals surface area (Å²) < 4.78 is 12.2. The Kier molecular flexibility index (Phi) is 4.60. The van der Waals surface area contributed by atoms with E-state index in [0.717, 1.165) is 38.5 Å². The number of hydrogen-bond acceptors (Lipinski definition) is 5. The van der Waals surface area contributed by atoms with Crippen molar-refractivity contribution in [3.05, 3.63) is 18.2 Å². The molecule has 4 aliphatic rings. The lowest BCUT2D eigenvalue weighted by molar-refractivity contribution is -0.131. The summed E-state index contributed by atoms with van der Waals surface area (Å²) in [4.78, 5) is 38.5. The molecule has 4 amide bonds. The molecule has 0 atom stereocenters. The number of fused-ring (bicyclic) bond motifs is 1. The molecule has 2 aliphatic carbocycles. The molecule has 160 valence electrons. The number of nitrogens with one attached hydrogen (secondary N) is 2. The first-order valence-electron chi connectivity index (χ1n) is 10.9. The van der Waals surface area contributed by atoms with Crippen molar-refractivity contribution in [3.63, 3.8) is 0 Å². The van der Waals surface area contributed by atoms with Crippen LogP contribution >= 0.6 is 0 Å². The van der Waals surface area contributed by atoms with Gasteiger partial charge in [-0.25, -0.2) is 4.79 Å². The van der Waals surface area contributed by atoms with Crippen LogP contribution in [0.1, 0.15) is 64.2 Å². The zero-order valence-electron chi connectivity index (χ0n) is 17.0. The molecule has 3 fully saturated rings. The van der Waals surface area contributed by atoms with Gasteiger partial charge in [0.15, 0.2) is 11.5 Å². The van der Waals surface area contributed by atoms with Crippen LogP contribution in [-0.2, 0) is 9.59 Å². The number of ether oxygens (including phenoxy) is 2. The largest absolute Gasteiger partial charge is 0.448 e. The van der Waals surface area contributed by atoms with Gasteiger partial charge in [-0.05, 0) is 37.8 Å². The predicted octanol–water partition coefficient (Wildman–Crippen LogP) is 3.31. The minimum atomic E-state index is -0.736. The van der Waals surface area contributed by atoms with E-state index in [1.54, 1.807) is 12.1 Å². The second-order valence-corrected chi connectivity index (χ2v) is 8.81. The Bertz CT molecular complexity index is 887. The summed E-state index contributed by atoms with van der Waals surface area (Å²) in [6.45, 7) is 0.0753. The van der Waals surface area contributed by atoms with Crippen molar-refractivity contribution in [1.82, 2.24) is 10.2 Å². The Balaban J connectivity index is 1.18. The van der Waals surface area contributed by atoms with E-state index < -0.39 is 17.4 Å². The minimum absolute atomic E-state index is 0.0492. The van der Waals surface area contributed by atoms with Crippen molar-refractivity contribution in [2.24, 2.45) is 0 Å². The molecular weight excluding hydrogens is 386 g/mol. The lowest BCUT2D eigenvalue weighted by Crippen LogP contribution is -2.44. The normalized spacial score (nSPS) is 23.3. The fraction of sp³-hybridized carbons (Fsp3) is 0.591. The maximum absolute atomic E-state index is 12.7. The highest BCUT2D eigenvalue weighted by Gasteiger charge is 2.52. The summed E-state index contributed by atoms with van der Waals surface area (Å²) in [5.74, 6) is 0.346. The van der Waals surface area contributed by atoms with Crippen LogP contribution in [-0.4, -0.2) is 40.6 Å². The molecule has 5 rings (SSSR count). The zero-order valence-corrected chi connectivity index (χ0v) is 17.0. The van der Waals surface area contributed by atoms with Gasteiger partial charge in [-0.15, -0.1) is 0 Å². The predicted molar refractivity (Wildman–Crippen MR) is 108 cm³/mol. The molecule has 30 heavy (non-hydrogen) atoms. The number of nitrogens with zero attached hydrogens (tertiary/aromatic N) is 1. The number of carbonyl (C=O) groups excluding carboxylic acids is 3. The molecular formula is C22H27N3O5. The molecule has 2 aliphatic heterocycles. The van der Waals surface area contributed by atoms with Crippen LogP contribution in [0.4, 0.5) is 10.5 Å². The smallest absolute Gasteiger partial charge is 0.325 e. The highest BCUT2D eigenvalue weighted by atomic mass is 16.7. The maximum atomic E-state index is 12.7. The van der Waals surface area contributed by atoms with Gasteiger partial charge in [0.05, 0.1) is 0 Å². The Labute approximate surface area is 175 Å². The van der Waals surface area contributed by atoms with Gasteiger partial charge in [-0.1, -0.05) is 19.3 Å². The van der Waals surface area contributed by atoms with Gasteiger partial charge in [0.1, 0.15) is 5.54 Å². The fourth-order valence-electron chi connectivity index (χ4n) is 5.10. The SMILES string of the molecule is O=C(CCN1C(=O)NC2(CCCC2)C1=O)Nc1ccc2c(c1)OC1(CCCCC1)O2. The van der Waals surface area contributed by atoms with E-state index in [1.165, 1.54) is 11.3 Å². The maximum Gasteiger partial charge on any atom is 0.325 e. The lowest BCUT2D eigenvalue weighted by atomic mass is 9.94. The number of rotatable bonds is 4. The molecule has 2 saturated carbocycles. The third kappa shape index (κ3) is 3.28. The minimum Gasteiger partial charge on any atom is -0.448 e. The number of urea groups is 1. The van der Waals surface area contributed by atoms with Crippen molar-refractivity contribution in [1.29, 1.82) is 0 Å².